The fourth-order valence-electron chi connectivity index (χ4n) is 3.29. The van der Waals surface area contributed by atoms with Crippen molar-refractivity contribution in [2.45, 2.75) is 12.8 Å². The van der Waals surface area contributed by atoms with Crippen LogP contribution in [0.3, 0.4) is 0 Å². The second-order valence-corrected chi connectivity index (χ2v) is 7.71. The molecule has 2 N–H and O–H groups in total. The highest BCUT2D eigenvalue weighted by Crippen LogP contribution is 2.25. The van der Waals surface area contributed by atoms with Gasteiger partial charge in [0.2, 0.25) is 0 Å². The number of ether oxygens (including phenoxy) is 1. The van der Waals surface area contributed by atoms with E-state index >= 15 is 0 Å². The Balaban J connectivity index is 1.43. The van der Waals surface area contributed by atoms with Gasteiger partial charge in [0, 0.05) is 18.2 Å². The Labute approximate surface area is 190 Å². The lowest BCUT2D eigenvalue weighted by molar-refractivity contribution is -0.123. The molecular formula is C24H23ClN4O3. The lowest BCUT2D eigenvalue weighted by Crippen LogP contribution is -2.30. The molecule has 0 aliphatic carbocycles. The quantitative estimate of drug-likeness (QED) is 0.408. The van der Waals surface area contributed by atoms with E-state index in [1.807, 2.05) is 60.7 Å². The van der Waals surface area contributed by atoms with Gasteiger partial charge in [-0.3, -0.25) is 4.79 Å². The molecule has 0 spiro atoms. The number of halogens is 1. The summed E-state index contributed by atoms with van der Waals surface area (Å²) in [5.74, 6) is 0.266. The number of nitrogens with zero attached hydrogens (tertiary/aromatic N) is 3. The minimum Gasteiger partial charge on any atom is -0.481 e. The summed E-state index contributed by atoms with van der Waals surface area (Å²) in [6, 6.07) is 20.6. The van der Waals surface area contributed by atoms with Gasteiger partial charge in [-0.1, -0.05) is 41.9 Å². The number of carbonyl (C=O) groups is 1. The van der Waals surface area contributed by atoms with Crippen LogP contribution in [0.15, 0.2) is 66.7 Å². The number of carbonyl (C=O) groups excluding carboxylic acids is 1. The number of fused-ring (bicyclic) bond motifs is 1. The lowest BCUT2D eigenvalue weighted by Gasteiger charge is -2.12. The summed E-state index contributed by atoms with van der Waals surface area (Å²) in [6.45, 7) is 0.399. The Morgan fingerprint density at radius 1 is 0.969 bits per heavy atom. The summed E-state index contributed by atoms with van der Waals surface area (Å²) >= 11 is 5.89. The summed E-state index contributed by atoms with van der Waals surface area (Å²) in [5, 5.41) is 21.9. The maximum Gasteiger partial charge on any atom is 0.257 e. The van der Waals surface area contributed by atoms with Crippen LogP contribution < -0.4 is 10.1 Å². The standard InChI is InChI=1S/C24H23ClN4O3/c25-19-8-5-17(6-9-19)11-13-26-24(31)16-32-23-10-7-18(12-14-30)15-22(23)29-27-20-3-1-2-4-21(20)28-29/h1-10,15,30H,11-14,16H2,(H,26,31). The fourth-order valence-corrected chi connectivity index (χ4v) is 3.41. The average Bonchev–Trinajstić information content (AvgIpc) is 3.24. The van der Waals surface area contributed by atoms with Crippen LogP contribution in [0, 0.1) is 0 Å². The zero-order valence-electron chi connectivity index (χ0n) is 17.4. The Morgan fingerprint density at radius 3 is 2.34 bits per heavy atom. The molecule has 0 fully saturated rings. The van der Waals surface area contributed by atoms with E-state index in [9.17, 15) is 9.90 Å². The Hall–Kier alpha value is -3.42. The van der Waals surface area contributed by atoms with Crippen molar-refractivity contribution >= 4 is 28.5 Å². The molecule has 0 aliphatic heterocycles. The lowest BCUT2D eigenvalue weighted by atomic mass is 10.1. The van der Waals surface area contributed by atoms with Crippen molar-refractivity contribution in [3.8, 4) is 11.4 Å². The largest absolute Gasteiger partial charge is 0.481 e. The van der Waals surface area contributed by atoms with Gasteiger partial charge >= 0.3 is 0 Å². The van der Waals surface area contributed by atoms with E-state index in [2.05, 4.69) is 15.5 Å². The number of rotatable bonds is 9. The van der Waals surface area contributed by atoms with E-state index in [1.54, 1.807) is 6.07 Å². The van der Waals surface area contributed by atoms with Gasteiger partial charge < -0.3 is 15.2 Å². The van der Waals surface area contributed by atoms with Crippen molar-refractivity contribution < 1.29 is 14.6 Å². The molecule has 0 bridgehead atoms. The summed E-state index contributed by atoms with van der Waals surface area (Å²) in [4.78, 5) is 13.8. The molecule has 4 rings (SSSR count). The summed E-state index contributed by atoms with van der Waals surface area (Å²) < 4.78 is 5.81. The highest BCUT2D eigenvalue weighted by molar-refractivity contribution is 6.30. The highest BCUT2D eigenvalue weighted by atomic mass is 35.5. The number of benzene rings is 3. The molecule has 8 heteroatoms. The Morgan fingerprint density at radius 2 is 1.66 bits per heavy atom. The Bertz CT molecular complexity index is 1170. The van der Waals surface area contributed by atoms with Crippen LogP contribution in [0.2, 0.25) is 5.02 Å². The van der Waals surface area contributed by atoms with E-state index in [0.29, 0.717) is 35.8 Å². The van der Waals surface area contributed by atoms with Gasteiger partial charge in [0.05, 0.1) is 0 Å². The molecule has 0 aliphatic rings. The number of aliphatic hydroxyl groups excluding tert-OH is 1. The third-order valence-corrected chi connectivity index (χ3v) is 5.19. The van der Waals surface area contributed by atoms with Gasteiger partial charge in [-0.05, 0) is 60.4 Å². The zero-order chi connectivity index (χ0) is 22.3. The maximum absolute atomic E-state index is 12.3. The second-order valence-electron chi connectivity index (χ2n) is 7.27. The van der Waals surface area contributed by atoms with E-state index < -0.39 is 0 Å². The van der Waals surface area contributed by atoms with Crippen LogP contribution in [-0.2, 0) is 17.6 Å². The van der Waals surface area contributed by atoms with Gasteiger partial charge in [0.1, 0.15) is 22.5 Å². The van der Waals surface area contributed by atoms with Crippen LogP contribution in [0.5, 0.6) is 5.75 Å². The summed E-state index contributed by atoms with van der Waals surface area (Å²) in [5.41, 5.74) is 4.14. The van der Waals surface area contributed by atoms with Crippen LogP contribution in [0.25, 0.3) is 16.7 Å². The number of aliphatic hydroxyl groups is 1. The molecule has 0 unspecified atom stereocenters. The Kier molecular flexibility index (Phi) is 6.99. The molecular weight excluding hydrogens is 428 g/mol. The predicted molar refractivity (Wildman–Crippen MR) is 123 cm³/mol. The van der Waals surface area contributed by atoms with Gasteiger partial charge in [-0.2, -0.15) is 0 Å². The normalized spacial score (nSPS) is 10.9. The van der Waals surface area contributed by atoms with Crippen molar-refractivity contribution in [2.75, 3.05) is 19.8 Å². The number of hydrogen-bond donors (Lipinski definition) is 2. The van der Waals surface area contributed by atoms with Gasteiger partial charge in [-0.25, -0.2) is 0 Å². The van der Waals surface area contributed by atoms with Crippen molar-refractivity contribution in [1.29, 1.82) is 0 Å². The summed E-state index contributed by atoms with van der Waals surface area (Å²) in [6.07, 6.45) is 1.20. The van der Waals surface area contributed by atoms with Crippen LogP contribution in [-0.4, -0.2) is 45.8 Å². The van der Waals surface area contributed by atoms with Crippen LogP contribution in [0.1, 0.15) is 11.1 Å². The molecule has 1 heterocycles. The smallest absolute Gasteiger partial charge is 0.257 e. The predicted octanol–water partition coefficient (Wildman–Crippen LogP) is 3.35. The molecule has 1 aromatic heterocycles. The van der Waals surface area contributed by atoms with Crippen molar-refractivity contribution in [3.63, 3.8) is 0 Å². The minimum absolute atomic E-state index is 0.0319. The molecule has 3 aromatic carbocycles. The third-order valence-electron chi connectivity index (χ3n) is 4.93. The molecule has 164 valence electrons. The third kappa shape index (κ3) is 5.43. The molecule has 4 aromatic rings. The monoisotopic (exact) mass is 450 g/mol. The summed E-state index contributed by atoms with van der Waals surface area (Å²) in [7, 11) is 0. The van der Waals surface area contributed by atoms with Gasteiger partial charge in [0.25, 0.3) is 5.91 Å². The SMILES string of the molecule is O=C(COc1ccc(CCO)cc1-n1nc2ccccc2n1)NCCc1ccc(Cl)cc1. The first-order valence-electron chi connectivity index (χ1n) is 10.3. The molecule has 32 heavy (non-hydrogen) atoms. The zero-order valence-corrected chi connectivity index (χ0v) is 18.1. The molecule has 0 atom stereocenters. The van der Waals surface area contributed by atoms with E-state index in [0.717, 1.165) is 22.2 Å². The number of hydrogen-bond acceptors (Lipinski definition) is 5. The first kappa shape index (κ1) is 21.8. The van der Waals surface area contributed by atoms with Crippen molar-refractivity contribution in [2.24, 2.45) is 0 Å². The van der Waals surface area contributed by atoms with E-state index in [-0.39, 0.29) is 19.1 Å². The maximum atomic E-state index is 12.3. The number of amides is 1. The van der Waals surface area contributed by atoms with E-state index in [1.165, 1.54) is 4.80 Å². The van der Waals surface area contributed by atoms with Crippen molar-refractivity contribution in [3.05, 3.63) is 82.9 Å². The van der Waals surface area contributed by atoms with Crippen molar-refractivity contribution in [1.82, 2.24) is 20.3 Å². The first-order valence-corrected chi connectivity index (χ1v) is 10.7. The van der Waals surface area contributed by atoms with Crippen LogP contribution >= 0.6 is 11.6 Å². The molecule has 7 nitrogen and oxygen atoms in total. The molecule has 0 saturated heterocycles. The molecule has 0 radical (unpaired) electrons. The molecule has 1 amide bonds. The van der Waals surface area contributed by atoms with Gasteiger partial charge in [-0.15, -0.1) is 15.0 Å². The second kappa shape index (κ2) is 10.3. The highest BCUT2D eigenvalue weighted by Gasteiger charge is 2.13. The molecule has 0 saturated carbocycles. The fraction of sp³-hybridized carbons (Fsp3) is 0.208. The van der Waals surface area contributed by atoms with E-state index in [4.69, 9.17) is 16.3 Å². The topological polar surface area (TPSA) is 89.3 Å². The van der Waals surface area contributed by atoms with Crippen LogP contribution in [0.4, 0.5) is 0 Å². The number of nitrogens with one attached hydrogen (secondary N) is 1. The average molecular weight is 451 g/mol. The minimum atomic E-state index is -0.220. The number of aromatic nitrogens is 3. The first-order chi connectivity index (χ1) is 15.6. The van der Waals surface area contributed by atoms with Gasteiger partial charge in [0.15, 0.2) is 6.61 Å².